The average molecular weight is 395 g/mol. The number of carbonyl (C=O) groups is 2. The molecule has 142 valence electrons. The summed E-state index contributed by atoms with van der Waals surface area (Å²) in [4.78, 5) is 29.2. The monoisotopic (exact) mass is 395 g/mol. The molecular weight excluding hydrogens is 377 g/mol. The number of carbonyl (C=O) groups excluding carboxylic acids is 2. The summed E-state index contributed by atoms with van der Waals surface area (Å²) in [6.07, 6.45) is 3.23. The lowest BCUT2D eigenvalue weighted by atomic mass is 10.2. The number of pyridine rings is 1. The van der Waals surface area contributed by atoms with Crippen molar-refractivity contribution in [1.29, 1.82) is 0 Å². The van der Waals surface area contributed by atoms with Gasteiger partial charge in [-0.25, -0.2) is 4.39 Å². The van der Waals surface area contributed by atoms with Gasteiger partial charge in [-0.2, -0.15) is 0 Å². The van der Waals surface area contributed by atoms with Crippen LogP contribution in [0, 0.1) is 5.82 Å². The van der Waals surface area contributed by atoms with Crippen LogP contribution in [0.15, 0.2) is 78.0 Å². The highest BCUT2D eigenvalue weighted by atomic mass is 32.2. The van der Waals surface area contributed by atoms with Gasteiger partial charge in [0.1, 0.15) is 5.82 Å². The molecule has 2 N–H and O–H groups in total. The molecule has 7 heteroatoms. The minimum Gasteiger partial charge on any atom is -0.325 e. The van der Waals surface area contributed by atoms with Gasteiger partial charge in [-0.05, 0) is 67.6 Å². The van der Waals surface area contributed by atoms with Crippen LogP contribution in [0.4, 0.5) is 15.8 Å². The van der Waals surface area contributed by atoms with Gasteiger partial charge >= 0.3 is 0 Å². The van der Waals surface area contributed by atoms with Crippen LogP contribution in [0.3, 0.4) is 0 Å². The van der Waals surface area contributed by atoms with E-state index in [1.54, 1.807) is 36.7 Å². The number of aromatic nitrogens is 1. The molecular formula is C21H18FN3O2S. The summed E-state index contributed by atoms with van der Waals surface area (Å²) in [5, 5.41) is 5.30. The van der Waals surface area contributed by atoms with E-state index in [9.17, 15) is 14.0 Å². The van der Waals surface area contributed by atoms with Crippen LogP contribution in [0.2, 0.25) is 0 Å². The molecule has 28 heavy (non-hydrogen) atoms. The molecule has 1 aromatic heterocycles. The summed E-state index contributed by atoms with van der Waals surface area (Å²) >= 11 is 1.41. The molecule has 2 amide bonds. The van der Waals surface area contributed by atoms with E-state index in [1.807, 2.05) is 19.1 Å². The predicted molar refractivity (Wildman–Crippen MR) is 109 cm³/mol. The molecule has 0 bridgehead atoms. The molecule has 1 atom stereocenters. The van der Waals surface area contributed by atoms with Crippen LogP contribution in [-0.2, 0) is 4.79 Å². The van der Waals surface area contributed by atoms with Crippen LogP contribution in [0.5, 0.6) is 0 Å². The molecule has 0 saturated carbocycles. The fourth-order valence-electron chi connectivity index (χ4n) is 2.36. The first-order valence-corrected chi connectivity index (χ1v) is 9.44. The third-order valence-electron chi connectivity index (χ3n) is 3.85. The molecule has 5 nitrogen and oxygen atoms in total. The van der Waals surface area contributed by atoms with E-state index in [4.69, 9.17) is 0 Å². The van der Waals surface area contributed by atoms with Gasteiger partial charge in [-0.3, -0.25) is 14.6 Å². The van der Waals surface area contributed by atoms with E-state index >= 15 is 0 Å². The van der Waals surface area contributed by atoms with Crippen molar-refractivity contribution in [3.63, 3.8) is 0 Å². The SMILES string of the molecule is CC(Sc1ccc(NC(=O)c2ccc(F)cc2)cc1)C(=O)Nc1ccncc1. The maximum absolute atomic E-state index is 12.9. The van der Waals surface area contributed by atoms with Gasteiger partial charge in [-0.1, -0.05) is 0 Å². The molecule has 0 aliphatic heterocycles. The summed E-state index contributed by atoms with van der Waals surface area (Å²) in [6.45, 7) is 1.82. The maximum Gasteiger partial charge on any atom is 0.255 e. The van der Waals surface area contributed by atoms with Crippen molar-refractivity contribution in [3.05, 3.63) is 84.4 Å². The molecule has 3 aromatic rings. The highest BCUT2D eigenvalue weighted by molar-refractivity contribution is 8.00. The fraction of sp³-hybridized carbons (Fsp3) is 0.0952. The van der Waals surface area contributed by atoms with Crippen molar-refractivity contribution in [1.82, 2.24) is 4.98 Å². The topological polar surface area (TPSA) is 71.1 Å². The minimum atomic E-state index is -0.389. The highest BCUT2D eigenvalue weighted by Crippen LogP contribution is 2.25. The van der Waals surface area contributed by atoms with Crippen LogP contribution >= 0.6 is 11.8 Å². The molecule has 0 aliphatic rings. The Kier molecular flexibility index (Phi) is 6.39. The van der Waals surface area contributed by atoms with Gasteiger partial charge in [0, 0.05) is 34.2 Å². The lowest BCUT2D eigenvalue weighted by Gasteiger charge is -2.12. The molecule has 1 unspecified atom stereocenters. The molecule has 0 spiro atoms. The Morgan fingerprint density at radius 1 is 0.893 bits per heavy atom. The summed E-state index contributed by atoms with van der Waals surface area (Å²) in [5.41, 5.74) is 1.69. The number of rotatable bonds is 6. The number of anilines is 2. The third-order valence-corrected chi connectivity index (χ3v) is 4.96. The van der Waals surface area contributed by atoms with Crippen molar-refractivity contribution in [3.8, 4) is 0 Å². The summed E-state index contributed by atoms with van der Waals surface area (Å²) < 4.78 is 12.9. The van der Waals surface area contributed by atoms with E-state index in [0.29, 0.717) is 16.9 Å². The quantitative estimate of drug-likeness (QED) is 0.599. The average Bonchev–Trinajstić information content (AvgIpc) is 2.70. The number of thioether (sulfide) groups is 1. The van der Waals surface area contributed by atoms with E-state index in [2.05, 4.69) is 15.6 Å². The zero-order chi connectivity index (χ0) is 19.9. The fourth-order valence-corrected chi connectivity index (χ4v) is 3.23. The van der Waals surface area contributed by atoms with E-state index < -0.39 is 0 Å². The molecule has 1 heterocycles. The Bertz CT molecular complexity index is 948. The van der Waals surface area contributed by atoms with Gasteiger partial charge in [0.05, 0.1) is 5.25 Å². The van der Waals surface area contributed by atoms with Crippen LogP contribution in [-0.4, -0.2) is 22.0 Å². The Labute approximate surface area is 166 Å². The van der Waals surface area contributed by atoms with Crippen molar-refractivity contribution in [2.45, 2.75) is 17.1 Å². The normalized spacial score (nSPS) is 11.5. The maximum atomic E-state index is 12.9. The van der Waals surface area contributed by atoms with Gasteiger partial charge < -0.3 is 10.6 Å². The second-order valence-corrected chi connectivity index (χ2v) is 7.38. The zero-order valence-corrected chi connectivity index (χ0v) is 15.9. The second-order valence-electron chi connectivity index (χ2n) is 5.97. The predicted octanol–water partition coefficient (Wildman–Crippen LogP) is 4.59. The Morgan fingerprint density at radius 2 is 1.50 bits per heavy atom. The van der Waals surface area contributed by atoms with E-state index in [-0.39, 0.29) is 22.9 Å². The zero-order valence-electron chi connectivity index (χ0n) is 15.1. The Morgan fingerprint density at radius 3 is 2.14 bits per heavy atom. The number of benzene rings is 2. The lowest BCUT2D eigenvalue weighted by molar-refractivity contribution is -0.115. The van der Waals surface area contributed by atoms with Gasteiger partial charge in [-0.15, -0.1) is 11.8 Å². The first kappa shape index (κ1) is 19.6. The van der Waals surface area contributed by atoms with Gasteiger partial charge in [0.15, 0.2) is 0 Å². The summed E-state index contributed by atoms with van der Waals surface area (Å²) in [6, 6.07) is 16.0. The van der Waals surface area contributed by atoms with Crippen LogP contribution in [0.1, 0.15) is 17.3 Å². The van der Waals surface area contributed by atoms with Gasteiger partial charge in [0.25, 0.3) is 5.91 Å². The van der Waals surface area contributed by atoms with Gasteiger partial charge in [0.2, 0.25) is 5.91 Å². The molecule has 0 radical (unpaired) electrons. The largest absolute Gasteiger partial charge is 0.325 e. The van der Waals surface area contributed by atoms with Crippen molar-refractivity contribution >= 4 is 35.0 Å². The standard InChI is InChI=1S/C21H18FN3O2S/c1-14(20(26)24-18-10-12-23-13-11-18)28-19-8-6-17(7-9-19)25-21(27)15-2-4-16(22)5-3-15/h2-14H,1H3,(H,25,27)(H,23,24,26). The number of nitrogens with one attached hydrogen (secondary N) is 2. The molecule has 3 rings (SSSR count). The number of nitrogens with zero attached hydrogens (tertiary/aromatic N) is 1. The number of amides is 2. The van der Waals surface area contributed by atoms with Crippen molar-refractivity contribution in [2.75, 3.05) is 10.6 Å². The number of halogens is 1. The minimum absolute atomic E-state index is 0.107. The van der Waals surface area contributed by atoms with Crippen LogP contribution in [0.25, 0.3) is 0 Å². The molecule has 0 aliphatic carbocycles. The number of hydrogen-bond donors (Lipinski definition) is 2. The Hall–Kier alpha value is -3.19. The molecule has 0 fully saturated rings. The van der Waals surface area contributed by atoms with Crippen molar-refractivity contribution < 1.29 is 14.0 Å². The van der Waals surface area contributed by atoms with E-state index in [1.165, 1.54) is 36.0 Å². The highest BCUT2D eigenvalue weighted by Gasteiger charge is 2.15. The van der Waals surface area contributed by atoms with Crippen LogP contribution < -0.4 is 10.6 Å². The third kappa shape index (κ3) is 5.40. The second kappa shape index (κ2) is 9.14. The lowest BCUT2D eigenvalue weighted by Crippen LogP contribution is -2.22. The summed E-state index contributed by atoms with van der Waals surface area (Å²) in [5.74, 6) is -0.810. The molecule has 2 aromatic carbocycles. The molecule has 0 saturated heterocycles. The van der Waals surface area contributed by atoms with Crippen molar-refractivity contribution in [2.24, 2.45) is 0 Å². The Balaban J connectivity index is 1.55. The first-order valence-electron chi connectivity index (χ1n) is 8.56. The first-order chi connectivity index (χ1) is 13.5. The van der Waals surface area contributed by atoms with E-state index in [0.717, 1.165) is 4.90 Å². The summed E-state index contributed by atoms with van der Waals surface area (Å²) in [7, 11) is 0. The smallest absolute Gasteiger partial charge is 0.255 e. The number of hydrogen-bond acceptors (Lipinski definition) is 4.